The van der Waals surface area contributed by atoms with Crippen molar-refractivity contribution in [2.45, 2.75) is 6.92 Å². The lowest BCUT2D eigenvalue weighted by Gasteiger charge is -2.34. The van der Waals surface area contributed by atoms with E-state index in [0.717, 1.165) is 16.0 Å². The average molecular weight is 404 g/mol. The first-order valence-corrected chi connectivity index (χ1v) is 10.3. The van der Waals surface area contributed by atoms with Gasteiger partial charge < -0.3 is 14.2 Å². The number of amides is 1. The van der Waals surface area contributed by atoms with Gasteiger partial charge in [0, 0.05) is 42.7 Å². The van der Waals surface area contributed by atoms with Crippen molar-refractivity contribution in [2.24, 2.45) is 0 Å². The summed E-state index contributed by atoms with van der Waals surface area (Å²) in [6, 6.07) is 13.7. The lowest BCUT2D eigenvalue weighted by Crippen LogP contribution is -2.49. The van der Waals surface area contributed by atoms with Crippen LogP contribution in [0, 0.1) is 18.3 Å². The number of rotatable bonds is 4. The second-order valence-corrected chi connectivity index (χ2v) is 7.74. The van der Waals surface area contributed by atoms with E-state index in [-0.39, 0.29) is 11.6 Å². The summed E-state index contributed by atoms with van der Waals surface area (Å²) in [4.78, 5) is 22.0. The van der Waals surface area contributed by atoms with E-state index in [9.17, 15) is 10.1 Å². The van der Waals surface area contributed by atoms with Gasteiger partial charge in [0.05, 0.1) is 0 Å². The number of benzene rings is 1. The SMILES string of the molecule is Cc1ccccc1C(=O)N1CCN(c2oc(C=Cc3cccs3)nc2C#N)CC1. The molecule has 0 radical (unpaired) electrons. The van der Waals surface area contributed by atoms with Gasteiger partial charge in [-0.15, -0.1) is 11.3 Å². The van der Waals surface area contributed by atoms with E-state index in [1.54, 1.807) is 17.4 Å². The Morgan fingerprint density at radius 1 is 1.17 bits per heavy atom. The molecule has 1 aliphatic rings. The Hall–Kier alpha value is -3.37. The Kier molecular flexibility index (Phi) is 5.45. The normalized spacial score (nSPS) is 14.3. The molecule has 29 heavy (non-hydrogen) atoms. The maximum atomic E-state index is 12.8. The molecule has 146 valence electrons. The predicted octanol–water partition coefficient (Wildman–Crippen LogP) is 4.05. The van der Waals surface area contributed by atoms with Crippen LogP contribution in [0.15, 0.2) is 46.2 Å². The van der Waals surface area contributed by atoms with Gasteiger partial charge in [-0.25, -0.2) is 0 Å². The van der Waals surface area contributed by atoms with Crippen LogP contribution in [0.2, 0.25) is 0 Å². The predicted molar refractivity (Wildman–Crippen MR) is 114 cm³/mol. The van der Waals surface area contributed by atoms with Crippen molar-refractivity contribution in [1.82, 2.24) is 9.88 Å². The van der Waals surface area contributed by atoms with Gasteiger partial charge in [0.2, 0.25) is 17.5 Å². The summed E-state index contributed by atoms with van der Waals surface area (Å²) in [5, 5.41) is 11.4. The summed E-state index contributed by atoms with van der Waals surface area (Å²) >= 11 is 1.62. The Bertz CT molecular complexity index is 1070. The van der Waals surface area contributed by atoms with E-state index >= 15 is 0 Å². The Labute approximate surface area is 173 Å². The zero-order valence-corrected chi connectivity index (χ0v) is 16.9. The monoisotopic (exact) mass is 404 g/mol. The molecule has 1 aliphatic heterocycles. The van der Waals surface area contributed by atoms with Gasteiger partial charge in [0.15, 0.2) is 0 Å². The third-order valence-electron chi connectivity index (χ3n) is 4.89. The fourth-order valence-electron chi connectivity index (χ4n) is 3.32. The van der Waals surface area contributed by atoms with Crippen molar-refractivity contribution >= 4 is 35.3 Å². The molecule has 1 aromatic carbocycles. The molecule has 0 atom stereocenters. The summed E-state index contributed by atoms with van der Waals surface area (Å²) in [7, 11) is 0. The summed E-state index contributed by atoms with van der Waals surface area (Å²) in [5.74, 6) is 0.921. The number of aryl methyl sites for hydroxylation is 1. The number of thiophene rings is 1. The van der Waals surface area contributed by atoms with Gasteiger partial charge in [-0.1, -0.05) is 24.3 Å². The van der Waals surface area contributed by atoms with Crippen LogP contribution in [0.1, 0.15) is 32.4 Å². The number of hydrogen-bond acceptors (Lipinski definition) is 6. The molecule has 1 amide bonds. The second kappa shape index (κ2) is 8.33. The van der Waals surface area contributed by atoms with E-state index in [2.05, 4.69) is 11.1 Å². The lowest BCUT2D eigenvalue weighted by molar-refractivity contribution is 0.0744. The molecule has 7 heteroatoms. The first-order chi connectivity index (χ1) is 14.2. The van der Waals surface area contributed by atoms with E-state index in [1.807, 2.05) is 64.6 Å². The van der Waals surface area contributed by atoms with Gasteiger partial charge in [-0.05, 0) is 36.1 Å². The van der Waals surface area contributed by atoms with Gasteiger partial charge >= 0.3 is 0 Å². The van der Waals surface area contributed by atoms with Gasteiger partial charge in [-0.2, -0.15) is 10.2 Å². The van der Waals surface area contributed by atoms with Gasteiger partial charge in [0.25, 0.3) is 5.91 Å². The number of oxazole rings is 1. The first kappa shape index (κ1) is 19.0. The fraction of sp³-hybridized carbons (Fsp3) is 0.227. The Balaban J connectivity index is 1.45. The number of hydrogen-bond donors (Lipinski definition) is 0. The quantitative estimate of drug-likeness (QED) is 0.656. The van der Waals surface area contributed by atoms with Crippen LogP contribution in [0.3, 0.4) is 0 Å². The Morgan fingerprint density at radius 3 is 2.66 bits per heavy atom. The minimum absolute atomic E-state index is 0.0420. The van der Waals surface area contributed by atoms with Crippen molar-refractivity contribution < 1.29 is 9.21 Å². The van der Waals surface area contributed by atoms with Gasteiger partial charge in [-0.3, -0.25) is 4.79 Å². The van der Waals surface area contributed by atoms with Crippen LogP contribution < -0.4 is 4.90 Å². The summed E-state index contributed by atoms with van der Waals surface area (Å²) < 4.78 is 5.85. The molecule has 0 saturated carbocycles. The maximum Gasteiger partial charge on any atom is 0.254 e. The van der Waals surface area contributed by atoms with Crippen LogP contribution in [-0.2, 0) is 0 Å². The third kappa shape index (κ3) is 4.08. The van der Waals surface area contributed by atoms with Crippen molar-refractivity contribution in [1.29, 1.82) is 5.26 Å². The summed E-state index contributed by atoms with van der Waals surface area (Å²) in [5.41, 5.74) is 1.98. The van der Waals surface area contributed by atoms with E-state index in [4.69, 9.17) is 4.42 Å². The molecular formula is C22H20N4O2S. The van der Waals surface area contributed by atoms with E-state index < -0.39 is 0 Å². The highest BCUT2D eigenvalue weighted by Gasteiger charge is 2.27. The summed E-state index contributed by atoms with van der Waals surface area (Å²) in [6.07, 6.45) is 3.69. The molecule has 6 nitrogen and oxygen atoms in total. The second-order valence-electron chi connectivity index (χ2n) is 6.76. The molecule has 0 aliphatic carbocycles. The minimum atomic E-state index is 0.0420. The van der Waals surface area contributed by atoms with E-state index in [0.29, 0.717) is 38.0 Å². The molecule has 2 aromatic heterocycles. The number of piperazine rings is 1. The van der Waals surface area contributed by atoms with Crippen LogP contribution in [0.5, 0.6) is 0 Å². The maximum absolute atomic E-state index is 12.8. The van der Waals surface area contributed by atoms with Crippen LogP contribution >= 0.6 is 11.3 Å². The topological polar surface area (TPSA) is 73.4 Å². The van der Waals surface area contributed by atoms with Crippen LogP contribution in [0.4, 0.5) is 5.88 Å². The molecule has 3 heterocycles. The molecule has 0 unspecified atom stereocenters. The summed E-state index contributed by atoms with van der Waals surface area (Å²) in [6.45, 7) is 4.27. The lowest BCUT2D eigenvalue weighted by atomic mass is 10.1. The van der Waals surface area contributed by atoms with Crippen molar-refractivity contribution in [3.8, 4) is 6.07 Å². The molecule has 1 saturated heterocycles. The zero-order valence-electron chi connectivity index (χ0n) is 16.0. The molecule has 0 spiro atoms. The fourth-order valence-corrected chi connectivity index (χ4v) is 3.94. The Morgan fingerprint density at radius 2 is 1.97 bits per heavy atom. The largest absolute Gasteiger partial charge is 0.420 e. The number of carbonyl (C=O) groups excluding carboxylic acids is 1. The highest BCUT2D eigenvalue weighted by atomic mass is 32.1. The van der Waals surface area contributed by atoms with Crippen molar-refractivity contribution in [2.75, 3.05) is 31.1 Å². The average Bonchev–Trinajstić information content (AvgIpc) is 3.42. The van der Waals surface area contributed by atoms with Crippen LogP contribution in [0.25, 0.3) is 12.2 Å². The van der Waals surface area contributed by atoms with E-state index in [1.165, 1.54) is 0 Å². The third-order valence-corrected chi connectivity index (χ3v) is 5.73. The highest BCUT2D eigenvalue weighted by molar-refractivity contribution is 7.10. The molecular weight excluding hydrogens is 384 g/mol. The molecule has 0 bridgehead atoms. The number of carbonyl (C=O) groups is 1. The molecule has 1 fully saturated rings. The minimum Gasteiger partial charge on any atom is -0.420 e. The van der Waals surface area contributed by atoms with Crippen LogP contribution in [-0.4, -0.2) is 42.0 Å². The number of nitriles is 1. The smallest absolute Gasteiger partial charge is 0.254 e. The van der Waals surface area contributed by atoms with Crippen molar-refractivity contribution in [3.05, 3.63) is 69.4 Å². The van der Waals surface area contributed by atoms with Crippen molar-refractivity contribution in [3.63, 3.8) is 0 Å². The first-order valence-electron chi connectivity index (χ1n) is 9.38. The number of aromatic nitrogens is 1. The number of nitrogens with zero attached hydrogens (tertiary/aromatic N) is 4. The number of anilines is 1. The highest BCUT2D eigenvalue weighted by Crippen LogP contribution is 2.25. The standard InChI is InChI=1S/C22H20N4O2S/c1-16-5-2-3-7-18(16)21(27)25-10-12-26(13-11-25)22-19(15-23)24-20(28-22)9-8-17-6-4-14-29-17/h2-9,14H,10-13H2,1H3. The molecule has 0 N–H and O–H groups in total. The molecule has 3 aromatic rings. The molecule has 4 rings (SSSR count). The van der Waals surface area contributed by atoms with Gasteiger partial charge in [0.1, 0.15) is 6.07 Å². The zero-order chi connectivity index (χ0) is 20.2.